The lowest BCUT2D eigenvalue weighted by molar-refractivity contribution is -0.123. The van der Waals surface area contributed by atoms with Crippen molar-refractivity contribution in [3.8, 4) is 0 Å². The summed E-state index contributed by atoms with van der Waals surface area (Å²) in [6, 6.07) is 10.4. The van der Waals surface area contributed by atoms with Gasteiger partial charge < -0.3 is 9.84 Å². The molecule has 1 aromatic carbocycles. The molecule has 2 heterocycles. The van der Waals surface area contributed by atoms with E-state index in [0.29, 0.717) is 11.6 Å². The SMILES string of the molecule is Cc1nnnn1[C@H](C(=O)NCc1ccno1)c1ccccc1. The maximum absolute atomic E-state index is 12.6. The molecule has 0 fully saturated rings. The molecule has 0 saturated heterocycles. The maximum atomic E-state index is 12.6. The van der Waals surface area contributed by atoms with Crippen LogP contribution in [-0.4, -0.2) is 31.3 Å². The lowest BCUT2D eigenvalue weighted by atomic mass is 10.1. The zero-order valence-electron chi connectivity index (χ0n) is 11.9. The predicted molar refractivity (Wildman–Crippen MR) is 75.5 cm³/mol. The van der Waals surface area contributed by atoms with Gasteiger partial charge in [0.05, 0.1) is 12.7 Å². The molecule has 22 heavy (non-hydrogen) atoms. The van der Waals surface area contributed by atoms with Crippen LogP contribution in [0.25, 0.3) is 0 Å². The molecule has 0 bridgehead atoms. The van der Waals surface area contributed by atoms with Crippen LogP contribution in [-0.2, 0) is 11.3 Å². The molecule has 0 radical (unpaired) electrons. The molecule has 8 heteroatoms. The number of nitrogens with zero attached hydrogens (tertiary/aromatic N) is 5. The predicted octanol–water partition coefficient (Wildman–Crippen LogP) is 0.875. The van der Waals surface area contributed by atoms with E-state index in [1.807, 2.05) is 30.3 Å². The molecular formula is C14H14N6O2. The topological polar surface area (TPSA) is 98.7 Å². The summed E-state index contributed by atoms with van der Waals surface area (Å²) in [5.41, 5.74) is 0.799. The Kier molecular flexibility index (Phi) is 3.90. The zero-order chi connectivity index (χ0) is 15.4. The zero-order valence-corrected chi connectivity index (χ0v) is 11.9. The molecule has 1 amide bonds. The monoisotopic (exact) mass is 298 g/mol. The number of carbonyl (C=O) groups is 1. The fourth-order valence-electron chi connectivity index (χ4n) is 2.12. The normalized spacial score (nSPS) is 12.0. The molecule has 0 saturated carbocycles. The van der Waals surface area contributed by atoms with Crippen LogP contribution in [0.1, 0.15) is 23.2 Å². The van der Waals surface area contributed by atoms with E-state index in [2.05, 4.69) is 26.0 Å². The summed E-state index contributed by atoms with van der Waals surface area (Å²) >= 11 is 0. The van der Waals surface area contributed by atoms with Crippen LogP contribution in [0.15, 0.2) is 47.1 Å². The third-order valence-corrected chi connectivity index (χ3v) is 3.19. The van der Waals surface area contributed by atoms with Crippen molar-refractivity contribution in [2.24, 2.45) is 0 Å². The molecule has 3 rings (SSSR count). The highest BCUT2D eigenvalue weighted by molar-refractivity contribution is 5.83. The Hall–Kier alpha value is -3.03. The highest BCUT2D eigenvalue weighted by atomic mass is 16.5. The lowest BCUT2D eigenvalue weighted by Gasteiger charge is -2.17. The Bertz CT molecular complexity index is 738. The summed E-state index contributed by atoms with van der Waals surface area (Å²) in [6.07, 6.45) is 1.53. The van der Waals surface area contributed by atoms with Gasteiger partial charge in [-0.3, -0.25) is 4.79 Å². The summed E-state index contributed by atoms with van der Waals surface area (Å²) in [4.78, 5) is 12.6. The van der Waals surface area contributed by atoms with Crippen LogP contribution in [0, 0.1) is 6.92 Å². The van der Waals surface area contributed by atoms with Crippen molar-refractivity contribution in [2.75, 3.05) is 0 Å². The molecule has 0 aliphatic heterocycles. The number of benzene rings is 1. The fourth-order valence-corrected chi connectivity index (χ4v) is 2.12. The minimum Gasteiger partial charge on any atom is -0.360 e. The Morgan fingerprint density at radius 3 is 2.77 bits per heavy atom. The van der Waals surface area contributed by atoms with E-state index in [4.69, 9.17) is 4.52 Å². The first kappa shape index (κ1) is 13.9. The van der Waals surface area contributed by atoms with Crippen LogP contribution in [0.3, 0.4) is 0 Å². The van der Waals surface area contributed by atoms with Crippen LogP contribution in [0.5, 0.6) is 0 Å². The number of hydrogen-bond acceptors (Lipinski definition) is 6. The summed E-state index contributed by atoms with van der Waals surface area (Å²) in [7, 11) is 0. The van der Waals surface area contributed by atoms with E-state index in [9.17, 15) is 4.79 Å². The Labute approximate surface area is 126 Å². The molecule has 3 aromatic rings. The first-order valence-corrected chi connectivity index (χ1v) is 6.72. The number of rotatable bonds is 5. The van der Waals surface area contributed by atoms with Gasteiger partial charge in [0, 0.05) is 6.07 Å². The standard InChI is InChI=1S/C14H14N6O2/c1-10-17-18-19-20(10)13(11-5-3-2-4-6-11)14(21)15-9-12-7-8-16-22-12/h2-8,13H,9H2,1H3,(H,15,21)/t13-/m0/s1. The largest absolute Gasteiger partial charge is 0.360 e. The molecule has 0 unspecified atom stereocenters. The Morgan fingerprint density at radius 1 is 1.32 bits per heavy atom. The van der Waals surface area contributed by atoms with Crippen molar-refractivity contribution in [1.82, 2.24) is 30.7 Å². The number of aromatic nitrogens is 5. The van der Waals surface area contributed by atoms with Gasteiger partial charge in [-0.2, -0.15) is 0 Å². The van der Waals surface area contributed by atoms with Crippen molar-refractivity contribution >= 4 is 5.91 Å². The molecule has 1 N–H and O–H groups in total. The minimum atomic E-state index is -0.640. The third kappa shape index (κ3) is 2.85. The average Bonchev–Trinajstić information content (AvgIpc) is 3.19. The van der Waals surface area contributed by atoms with Gasteiger partial charge in [0.2, 0.25) is 5.91 Å². The molecule has 112 valence electrons. The second-order valence-electron chi connectivity index (χ2n) is 4.68. The first-order valence-electron chi connectivity index (χ1n) is 6.72. The number of aryl methyl sites for hydroxylation is 1. The third-order valence-electron chi connectivity index (χ3n) is 3.19. The number of hydrogen-bond donors (Lipinski definition) is 1. The van der Waals surface area contributed by atoms with Crippen molar-refractivity contribution in [3.63, 3.8) is 0 Å². The second kappa shape index (κ2) is 6.17. The van der Waals surface area contributed by atoms with E-state index < -0.39 is 6.04 Å². The number of amides is 1. The van der Waals surface area contributed by atoms with Gasteiger partial charge in [-0.25, -0.2) is 4.68 Å². The number of nitrogens with one attached hydrogen (secondary N) is 1. The Morgan fingerprint density at radius 2 is 2.14 bits per heavy atom. The molecule has 8 nitrogen and oxygen atoms in total. The highest BCUT2D eigenvalue weighted by Crippen LogP contribution is 2.18. The van der Waals surface area contributed by atoms with E-state index in [0.717, 1.165) is 5.56 Å². The summed E-state index contributed by atoms with van der Waals surface area (Å²) < 4.78 is 6.46. The summed E-state index contributed by atoms with van der Waals surface area (Å²) in [5, 5.41) is 17.8. The summed E-state index contributed by atoms with van der Waals surface area (Å²) in [5.74, 6) is 0.912. The quantitative estimate of drug-likeness (QED) is 0.750. The first-order chi connectivity index (χ1) is 10.8. The minimum absolute atomic E-state index is 0.224. The lowest BCUT2D eigenvalue weighted by Crippen LogP contribution is -2.34. The molecule has 2 aromatic heterocycles. The van der Waals surface area contributed by atoms with Crippen molar-refractivity contribution < 1.29 is 9.32 Å². The molecular weight excluding hydrogens is 284 g/mol. The second-order valence-corrected chi connectivity index (χ2v) is 4.68. The molecule has 0 aliphatic carbocycles. The van der Waals surface area contributed by atoms with E-state index >= 15 is 0 Å². The van der Waals surface area contributed by atoms with Gasteiger partial charge in [0.1, 0.15) is 5.82 Å². The van der Waals surface area contributed by atoms with Crippen LogP contribution in [0.4, 0.5) is 0 Å². The van der Waals surface area contributed by atoms with Crippen LogP contribution >= 0.6 is 0 Å². The Balaban J connectivity index is 1.85. The maximum Gasteiger partial charge on any atom is 0.249 e. The van der Waals surface area contributed by atoms with E-state index in [-0.39, 0.29) is 12.5 Å². The van der Waals surface area contributed by atoms with Crippen molar-refractivity contribution in [2.45, 2.75) is 19.5 Å². The number of tetrazole rings is 1. The van der Waals surface area contributed by atoms with Gasteiger partial charge >= 0.3 is 0 Å². The van der Waals surface area contributed by atoms with Gasteiger partial charge in [0.25, 0.3) is 0 Å². The van der Waals surface area contributed by atoms with E-state index in [1.165, 1.54) is 10.9 Å². The van der Waals surface area contributed by atoms with Crippen LogP contribution in [0.2, 0.25) is 0 Å². The van der Waals surface area contributed by atoms with E-state index in [1.54, 1.807) is 13.0 Å². The molecule has 1 atom stereocenters. The fraction of sp³-hybridized carbons (Fsp3) is 0.214. The average molecular weight is 298 g/mol. The van der Waals surface area contributed by atoms with Gasteiger partial charge in [-0.1, -0.05) is 35.5 Å². The highest BCUT2D eigenvalue weighted by Gasteiger charge is 2.25. The number of carbonyl (C=O) groups excluding carboxylic acids is 1. The van der Waals surface area contributed by atoms with Crippen LogP contribution < -0.4 is 5.32 Å². The molecule has 0 spiro atoms. The summed E-state index contributed by atoms with van der Waals surface area (Å²) in [6.45, 7) is 2.00. The molecule has 0 aliphatic rings. The van der Waals surface area contributed by atoms with Gasteiger partial charge in [0.15, 0.2) is 11.8 Å². The van der Waals surface area contributed by atoms with Crippen molar-refractivity contribution in [3.05, 3.63) is 59.7 Å². The van der Waals surface area contributed by atoms with Gasteiger partial charge in [-0.15, -0.1) is 5.10 Å². The van der Waals surface area contributed by atoms with Crippen molar-refractivity contribution in [1.29, 1.82) is 0 Å². The smallest absolute Gasteiger partial charge is 0.249 e. The van der Waals surface area contributed by atoms with Gasteiger partial charge in [-0.05, 0) is 22.9 Å².